The number of hydrogen-bond donors (Lipinski definition) is 2. The number of rotatable bonds is 4. The second kappa shape index (κ2) is 5.17. The average Bonchev–Trinajstić information content (AvgIpc) is 2.12. The van der Waals surface area contributed by atoms with Gasteiger partial charge in [-0.3, -0.25) is 0 Å². The minimum absolute atomic E-state index is 0.134. The molecule has 78 valence electrons. The summed E-state index contributed by atoms with van der Waals surface area (Å²) in [5, 5.41) is 3.31. The van der Waals surface area contributed by atoms with Gasteiger partial charge in [-0.15, -0.1) is 0 Å². The van der Waals surface area contributed by atoms with Gasteiger partial charge in [0, 0.05) is 11.7 Å². The van der Waals surface area contributed by atoms with E-state index in [2.05, 4.69) is 5.32 Å². The van der Waals surface area contributed by atoms with Gasteiger partial charge in [0.2, 0.25) is 0 Å². The molecule has 3 N–H and O–H groups in total. The van der Waals surface area contributed by atoms with Crippen LogP contribution in [0.1, 0.15) is 13.3 Å². The number of hydrogen-bond acceptors (Lipinski definition) is 2. The quantitative estimate of drug-likeness (QED) is 0.812. The van der Waals surface area contributed by atoms with Gasteiger partial charge in [-0.2, -0.15) is 0 Å². The van der Waals surface area contributed by atoms with Crippen LogP contribution in [-0.2, 0) is 0 Å². The van der Waals surface area contributed by atoms with Crippen LogP contribution < -0.4 is 11.1 Å². The lowest BCUT2D eigenvalue weighted by Gasteiger charge is -2.14. The molecule has 0 aliphatic heterocycles. The van der Waals surface area contributed by atoms with Crippen molar-refractivity contribution in [3.63, 3.8) is 0 Å². The maximum absolute atomic E-state index is 12.8. The molecule has 1 aromatic carbocycles. The summed E-state index contributed by atoms with van der Waals surface area (Å²) in [5.41, 5.74) is 6.23. The Morgan fingerprint density at radius 1 is 1.57 bits per heavy atom. The highest BCUT2D eigenvalue weighted by atomic mass is 35.5. The Hall–Kier alpha value is -0.800. The van der Waals surface area contributed by atoms with E-state index < -0.39 is 5.82 Å². The third kappa shape index (κ3) is 3.16. The van der Waals surface area contributed by atoms with Crippen LogP contribution in [0.25, 0.3) is 0 Å². The van der Waals surface area contributed by atoms with Crippen molar-refractivity contribution in [3.8, 4) is 0 Å². The van der Waals surface area contributed by atoms with Crippen molar-refractivity contribution in [1.82, 2.24) is 0 Å². The van der Waals surface area contributed by atoms with E-state index in [1.54, 1.807) is 12.1 Å². The number of anilines is 1. The average molecular weight is 217 g/mol. The van der Waals surface area contributed by atoms with Gasteiger partial charge in [-0.25, -0.2) is 4.39 Å². The fourth-order valence-electron chi connectivity index (χ4n) is 1.19. The van der Waals surface area contributed by atoms with Gasteiger partial charge in [0.1, 0.15) is 5.82 Å². The van der Waals surface area contributed by atoms with Crippen molar-refractivity contribution in [1.29, 1.82) is 0 Å². The van der Waals surface area contributed by atoms with E-state index in [9.17, 15) is 4.39 Å². The van der Waals surface area contributed by atoms with Gasteiger partial charge in [0.05, 0.1) is 5.02 Å². The lowest BCUT2D eigenvalue weighted by Crippen LogP contribution is -2.19. The smallest absolute Gasteiger partial charge is 0.141 e. The summed E-state index contributed by atoms with van der Waals surface area (Å²) in [4.78, 5) is 0. The SMILES string of the molecule is CC(CCN)Nc1ccc(F)c(Cl)c1. The van der Waals surface area contributed by atoms with Crippen LogP contribution in [0.2, 0.25) is 5.02 Å². The van der Waals surface area contributed by atoms with Crippen molar-refractivity contribution in [2.24, 2.45) is 5.73 Å². The van der Waals surface area contributed by atoms with Crippen LogP contribution >= 0.6 is 11.6 Å². The summed E-state index contributed by atoms with van der Waals surface area (Å²) in [5.74, 6) is -0.399. The summed E-state index contributed by atoms with van der Waals surface area (Å²) < 4.78 is 12.8. The van der Waals surface area contributed by atoms with Crippen molar-refractivity contribution < 1.29 is 4.39 Å². The molecule has 0 heterocycles. The second-order valence-corrected chi connectivity index (χ2v) is 3.66. The van der Waals surface area contributed by atoms with E-state index in [1.165, 1.54) is 6.07 Å². The Morgan fingerprint density at radius 3 is 2.86 bits per heavy atom. The molecule has 1 aromatic rings. The monoisotopic (exact) mass is 216 g/mol. The lowest BCUT2D eigenvalue weighted by molar-refractivity contribution is 0.628. The van der Waals surface area contributed by atoms with E-state index in [1.807, 2.05) is 6.92 Å². The summed E-state index contributed by atoms with van der Waals surface area (Å²) in [6, 6.07) is 4.85. The van der Waals surface area contributed by atoms with Crippen LogP contribution in [0, 0.1) is 5.82 Å². The summed E-state index contributed by atoms with van der Waals surface area (Å²) >= 11 is 5.63. The molecular weight excluding hydrogens is 203 g/mol. The van der Waals surface area contributed by atoms with Crippen LogP contribution in [-0.4, -0.2) is 12.6 Å². The van der Waals surface area contributed by atoms with Crippen molar-refractivity contribution in [2.75, 3.05) is 11.9 Å². The molecule has 0 amide bonds. The maximum Gasteiger partial charge on any atom is 0.141 e. The van der Waals surface area contributed by atoms with E-state index >= 15 is 0 Å². The predicted octanol–water partition coefficient (Wildman–Crippen LogP) is 2.63. The molecule has 0 saturated heterocycles. The molecule has 0 aromatic heterocycles. The molecular formula is C10H14ClFN2. The molecule has 0 aliphatic rings. The number of nitrogens with two attached hydrogens (primary N) is 1. The number of benzene rings is 1. The minimum Gasteiger partial charge on any atom is -0.382 e. The minimum atomic E-state index is -0.399. The molecule has 4 heteroatoms. The van der Waals surface area contributed by atoms with Gasteiger partial charge in [0.25, 0.3) is 0 Å². The normalized spacial score (nSPS) is 12.6. The van der Waals surface area contributed by atoms with Crippen LogP contribution in [0.15, 0.2) is 18.2 Å². The zero-order valence-corrected chi connectivity index (χ0v) is 8.81. The molecule has 2 nitrogen and oxygen atoms in total. The fourth-order valence-corrected chi connectivity index (χ4v) is 1.37. The van der Waals surface area contributed by atoms with E-state index in [4.69, 9.17) is 17.3 Å². The summed E-state index contributed by atoms with van der Waals surface area (Å²) in [7, 11) is 0. The fraction of sp³-hybridized carbons (Fsp3) is 0.400. The Morgan fingerprint density at radius 2 is 2.29 bits per heavy atom. The van der Waals surface area contributed by atoms with Gasteiger partial charge < -0.3 is 11.1 Å². The molecule has 14 heavy (non-hydrogen) atoms. The molecule has 0 aliphatic carbocycles. The van der Waals surface area contributed by atoms with Crippen molar-refractivity contribution in [3.05, 3.63) is 29.0 Å². The zero-order valence-electron chi connectivity index (χ0n) is 8.06. The topological polar surface area (TPSA) is 38.0 Å². The third-order valence-corrected chi connectivity index (χ3v) is 2.22. The van der Waals surface area contributed by atoms with Gasteiger partial charge >= 0.3 is 0 Å². The zero-order chi connectivity index (χ0) is 10.6. The Labute approximate surface area is 88.2 Å². The highest BCUT2D eigenvalue weighted by Crippen LogP contribution is 2.20. The highest BCUT2D eigenvalue weighted by Gasteiger charge is 2.03. The largest absolute Gasteiger partial charge is 0.382 e. The Bertz CT molecular complexity index is 304. The predicted molar refractivity (Wildman–Crippen MR) is 58.2 cm³/mol. The molecule has 0 spiro atoms. The van der Waals surface area contributed by atoms with E-state index in [0.29, 0.717) is 6.54 Å². The first-order valence-corrected chi connectivity index (χ1v) is 4.93. The number of halogens is 2. The molecule has 0 saturated carbocycles. The highest BCUT2D eigenvalue weighted by molar-refractivity contribution is 6.31. The van der Waals surface area contributed by atoms with Crippen LogP contribution in [0.5, 0.6) is 0 Å². The molecule has 0 bridgehead atoms. The molecule has 0 fully saturated rings. The standard InChI is InChI=1S/C10H14ClFN2/c1-7(4-5-13)14-8-2-3-10(12)9(11)6-8/h2-3,6-7,14H,4-5,13H2,1H3. The summed E-state index contributed by atoms with van der Waals surface area (Å²) in [6.07, 6.45) is 0.870. The van der Waals surface area contributed by atoms with E-state index in [-0.39, 0.29) is 11.1 Å². The van der Waals surface area contributed by atoms with E-state index in [0.717, 1.165) is 12.1 Å². The lowest BCUT2D eigenvalue weighted by atomic mass is 10.2. The molecule has 1 rings (SSSR count). The first-order valence-electron chi connectivity index (χ1n) is 4.55. The Balaban J connectivity index is 2.63. The maximum atomic E-state index is 12.8. The summed E-state index contributed by atoms with van der Waals surface area (Å²) in [6.45, 7) is 2.65. The second-order valence-electron chi connectivity index (χ2n) is 3.25. The van der Waals surface area contributed by atoms with Gasteiger partial charge in [-0.1, -0.05) is 11.6 Å². The molecule has 1 atom stereocenters. The molecule has 0 radical (unpaired) electrons. The van der Waals surface area contributed by atoms with Crippen molar-refractivity contribution in [2.45, 2.75) is 19.4 Å². The van der Waals surface area contributed by atoms with Crippen LogP contribution in [0.4, 0.5) is 10.1 Å². The Kier molecular flexibility index (Phi) is 4.17. The molecule has 1 unspecified atom stereocenters. The first-order chi connectivity index (χ1) is 6.63. The van der Waals surface area contributed by atoms with Gasteiger partial charge in [-0.05, 0) is 38.1 Å². The van der Waals surface area contributed by atoms with Crippen LogP contribution in [0.3, 0.4) is 0 Å². The van der Waals surface area contributed by atoms with Gasteiger partial charge in [0.15, 0.2) is 0 Å². The first kappa shape index (κ1) is 11.3. The van der Waals surface area contributed by atoms with Crippen molar-refractivity contribution >= 4 is 17.3 Å². The number of nitrogens with one attached hydrogen (secondary N) is 1. The third-order valence-electron chi connectivity index (χ3n) is 1.93.